The van der Waals surface area contributed by atoms with Crippen molar-refractivity contribution in [1.82, 2.24) is 0 Å². The van der Waals surface area contributed by atoms with Crippen LogP contribution in [0.25, 0.3) is 11.6 Å². The summed E-state index contributed by atoms with van der Waals surface area (Å²) in [4.78, 5) is 0. The van der Waals surface area contributed by atoms with Crippen molar-refractivity contribution in [2.24, 2.45) is 0 Å². The van der Waals surface area contributed by atoms with Crippen LogP contribution in [0.3, 0.4) is 0 Å². The minimum absolute atomic E-state index is 0.558. The van der Waals surface area contributed by atoms with E-state index in [1.807, 2.05) is 24.3 Å². The minimum atomic E-state index is -3.33. The molecule has 5 heteroatoms. The van der Waals surface area contributed by atoms with Gasteiger partial charge in [0.2, 0.25) is 10.0 Å². The molecular weight excluding hydrogens is 406 g/mol. The molecule has 0 heterocycles. The maximum absolute atomic E-state index is 11.6. The third-order valence-electron chi connectivity index (χ3n) is 5.31. The fourth-order valence-electron chi connectivity index (χ4n) is 3.99. The third-order valence-corrected chi connectivity index (χ3v) is 5.92. The van der Waals surface area contributed by atoms with Gasteiger partial charge in [-0.1, -0.05) is 49.4 Å². The molecule has 4 rings (SSSR count). The monoisotopic (exact) mass is 433 g/mol. The van der Waals surface area contributed by atoms with Crippen LogP contribution in [0.15, 0.2) is 66.7 Å². The predicted molar refractivity (Wildman–Crippen MR) is 128 cm³/mol. The van der Waals surface area contributed by atoms with Crippen LogP contribution in [0.1, 0.15) is 41.2 Å². The molecule has 0 aliphatic heterocycles. The Balaban J connectivity index is 1.82. The molecule has 3 aromatic rings. The first-order valence-electron chi connectivity index (χ1n) is 10.6. The number of hydrogen-bond acceptors (Lipinski definition) is 3. The van der Waals surface area contributed by atoms with Gasteiger partial charge in [-0.05, 0) is 83.0 Å². The SMILES string of the molecule is CCCOc1ccc2c(c1)CCc1ccccc1/C2=C\c1cccc(NS(C)(=O)=O)c1. The van der Waals surface area contributed by atoms with Gasteiger partial charge in [0.1, 0.15) is 5.75 Å². The average molecular weight is 434 g/mol. The van der Waals surface area contributed by atoms with Gasteiger partial charge in [-0.15, -0.1) is 0 Å². The van der Waals surface area contributed by atoms with Crippen LogP contribution in [0.2, 0.25) is 0 Å². The van der Waals surface area contributed by atoms with Gasteiger partial charge in [-0.2, -0.15) is 0 Å². The molecule has 0 spiro atoms. The van der Waals surface area contributed by atoms with Crippen molar-refractivity contribution in [2.75, 3.05) is 17.6 Å². The van der Waals surface area contributed by atoms with Crippen LogP contribution in [0.4, 0.5) is 5.69 Å². The van der Waals surface area contributed by atoms with Crippen LogP contribution in [0, 0.1) is 0 Å². The van der Waals surface area contributed by atoms with Crippen LogP contribution < -0.4 is 9.46 Å². The molecule has 160 valence electrons. The quantitative estimate of drug-likeness (QED) is 0.556. The van der Waals surface area contributed by atoms with E-state index in [1.54, 1.807) is 6.07 Å². The Morgan fingerprint density at radius 1 is 0.935 bits per heavy atom. The molecule has 0 aromatic heterocycles. The summed E-state index contributed by atoms with van der Waals surface area (Å²) in [7, 11) is -3.33. The molecule has 1 N–H and O–H groups in total. The fraction of sp³-hybridized carbons (Fsp3) is 0.231. The summed E-state index contributed by atoms with van der Waals surface area (Å²) in [6.07, 6.45) is 6.19. The van der Waals surface area contributed by atoms with Gasteiger partial charge in [0.05, 0.1) is 12.9 Å². The third kappa shape index (κ3) is 5.17. The lowest BCUT2D eigenvalue weighted by Gasteiger charge is -2.14. The Labute approximate surface area is 184 Å². The van der Waals surface area contributed by atoms with E-state index < -0.39 is 10.0 Å². The lowest BCUT2D eigenvalue weighted by atomic mass is 9.92. The van der Waals surface area contributed by atoms with Gasteiger partial charge in [0.15, 0.2) is 0 Å². The molecule has 0 radical (unpaired) electrons. The molecule has 0 saturated heterocycles. The number of ether oxygens (including phenoxy) is 1. The summed E-state index contributed by atoms with van der Waals surface area (Å²) in [5, 5.41) is 0. The van der Waals surface area contributed by atoms with Gasteiger partial charge in [-0.3, -0.25) is 4.72 Å². The molecule has 3 aromatic carbocycles. The van der Waals surface area contributed by atoms with Crippen LogP contribution in [-0.2, 0) is 22.9 Å². The van der Waals surface area contributed by atoms with Gasteiger partial charge in [0.25, 0.3) is 0 Å². The van der Waals surface area contributed by atoms with E-state index in [0.717, 1.165) is 42.4 Å². The summed E-state index contributed by atoms with van der Waals surface area (Å²) in [5.74, 6) is 0.908. The number of hydrogen-bond donors (Lipinski definition) is 1. The van der Waals surface area contributed by atoms with Crippen molar-refractivity contribution in [3.63, 3.8) is 0 Å². The van der Waals surface area contributed by atoms with E-state index >= 15 is 0 Å². The molecule has 1 aliphatic rings. The van der Waals surface area contributed by atoms with Crippen molar-refractivity contribution in [2.45, 2.75) is 26.2 Å². The Morgan fingerprint density at radius 2 is 1.71 bits per heavy atom. The topological polar surface area (TPSA) is 55.4 Å². The number of rotatable bonds is 6. The summed E-state index contributed by atoms with van der Waals surface area (Å²) in [5.41, 5.74) is 7.62. The largest absolute Gasteiger partial charge is 0.494 e. The van der Waals surface area contributed by atoms with E-state index in [2.05, 4.69) is 54.1 Å². The number of anilines is 1. The molecule has 0 atom stereocenters. The average Bonchev–Trinajstić information content (AvgIpc) is 2.88. The Hall–Kier alpha value is -3.05. The van der Waals surface area contributed by atoms with Gasteiger partial charge in [0, 0.05) is 5.69 Å². The number of aryl methyl sites for hydroxylation is 2. The Kier molecular flexibility index (Phi) is 6.14. The summed E-state index contributed by atoms with van der Waals surface area (Å²) >= 11 is 0. The highest BCUT2D eigenvalue weighted by Gasteiger charge is 2.18. The normalized spacial score (nSPS) is 14.5. The Bertz CT molecular complexity index is 1230. The minimum Gasteiger partial charge on any atom is -0.494 e. The molecule has 0 amide bonds. The van der Waals surface area contributed by atoms with E-state index in [9.17, 15) is 8.42 Å². The van der Waals surface area contributed by atoms with Crippen molar-refractivity contribution >= 4 is 27.4 Å². The van der Waals surface area contributed by atoms with E-state index in [4.69, 9.17) is 4.74 Å². The molecule has 31 heavy (non-hydrogen) atoms. The van der Waals surface area contributed by atoms with Crippen LogP contribution in [-0.4, -0.2) is 21.3 Å². The highest BCUT2D eigenvalue weighted by atomic mass is 32.2. The van der Waals surface area contributed by atoms with Crippen molar-refractivity contribution < 1.29 is 13.2 Å². The van der Waals surface area contributed by atoms with Crippen LogP contribution in [0.5, 0.6) is 5.75 Å². The van der Waals surface area contributed by atoms with E-state index in [-0.39, 0.29) is 0 Å². The van der Waals surface area contributed by atoms with Gasteiger partial charge in [-0.25, -0.2) is 8.42 Å². The fourth-order valence-corrected chi connectivity index (χ4v) is 4.55. The maximum Gasteiger partial charge on any atom is 0.229 e. The predicted octanol–water partition coefficient (Wildman–Crippen LogP) is 5.53. The molecule has 1 aliphatic carbocycles. The van der Waals surface area contributed by atoms with E-state index in [0.29, 0.717) is 12.3 Å². The maximum atomic E-state index is 11.6. The van der Waals surface area contributed by atoms with Crippen molar-refractivity contribution in [3.05, 3.63) is 94.5 Å². The standard InChI is InChI=1S/C26H27NO3S/c1-3-15-30-23-13-14-25-21(18-23)12-11-20-8-4-5-10-24(20)26(25)17-19-7-6-9-22(16-19)27-31(2,28)29/h4-10,13-14,16-18,27H,3,11-12,15H2,1-2H3/b26-17+. The zero-order valence-corrected chi connectivity index (χ0v) is 18.7. The number of nitrogens with one attached hydrogen (secondary N) is 1. The van der Waals surface area contributed by atoms with Crippen molar-refractivity contribution in [1.29, 1.82) is 0 Å². The first-order chi connectivity index (χ1) is 14.9. The Morgan fingerprint density at radius 3 is 2.52 bits per heavy atom. The first kappa shape index (κ1) is 21.2. The van der Waals surface area contributed by atoms with E-state index in [1.165, 1.54) is 22.3 Å². The number of benzene rings is 3. The molecule has 0 fully saturated rings. The molecule has 0 bridgehead atoms. The second kappa shape index (κ2) is 8.98. The second-order valence-corrected chi connectivity index (χ2v) is 9.63. The lowest BCUT2D eigenvalue weighted by Crippen LogP contribution is -2.09. The second-order valence-electron chi connectivity index (χ2n) is 7.88. The molecule has 0 unspecified atom stereocenters. The smallest absolute Gasteiger partial charge is 0.229 e. The van der Waals surface area contributed by atoms with Gasteiger partial charge >= 0.3 is 0 Å². The molecule has 4 nitrogen and oxygen atoms in total. The molecular formula is C26H27NO3S. The van der Waals surface area contributed by atoms with Crippen molar-refractivity contribution in [3.8, 4) is 5.75 Å². The van der Waals surface area contributed by atoms with Crippen LogP contribution >= 0.6 is 0 Å². The zero-order valence-electron chi connectivity index (χ0n) is 17.9. The number of fused-ring (bicyclic) bond motifs is 2. The summed E-state index contributed by atoms with van der Waals surface area (Å²) in [6, 6.07) is 22.3. The van der Waals surface area contributed by atoms with Gasteiger partial charge < -0.3 is 4.74 Å². The highest BCUT2D eigenvalue weighted by molar-refractivity contribution is 7.92. The zero-order chi connectivity index (χ0) is 21.8. The first-order valence-corrected chi connectivity index (χ1v) is 12.5. The highest BCUT2D eigenvalue weighted by Crippen LogP contribution is 2.36. The summed E-state index contributed by atoms with van der Waals surface area (Å²) < 4.78 is 31.7. The summed E-state index contributed by atoms with van der Waals surface area (Å²) in [6.45, 7) is 2.82. The number of sulfonamides is 1. The molecule has 0 saturated carbocycles. The lowest BCUT2D eigenvalue weighted by molar-refractivity contribution is 0.317.